The minimum Gasteiger partial charge on any atom is -0.392 e. The van der Waals surface area contributed by atoms with Crippen molar-refractivity contribution in [3.63, 3.8) is 0 Å². The van der Waals surface area contributed by atoms with Gasteiger partial charge in [-0.3, -0.25) is 4.68 Å². The molecule has 4 nitrogen and oxygen atoms in total. The first-order chi connectivity index (χ1) is 8.54. The number of hydrogen-bond donors (Lipinski definition) is 1. The number of aliphatic hydroxyl groups is 1. The van der Waals surface area contributed by atoms with E-state index in [1.807, 2.05) is 25.5 Å². The molecule has 0 bridgehead atoms. The molecule has 1 aliphatic heterocycles. The predicted octanol–water partition coefficient (Wildman–Crippen LogP) is 2.19. The van der Waals surface area contributed by atoms with E-state index in [9.17, 15) is 5.11 Å². The standard InChI is InChI=1S/C13H21ClN2O2/c1-4-16-11(13(14)8(2)15-16)7-12(17)10-5-6-18-9(10)3/h9-10,12,17H,4-7H2,1-3H3. The van der Waals surface area contributed by atoms with E-state index in [0.29, 0.717) is 11.4 Å². The summed E-state index contributed by atoms with van der Waals surface area (Å²) in [5.41, 5.74) is 1.76. The maximum Gasteiger partial charge on any atom is 0.0848 e. The Kier molecular flexibility index (Phi) is 4.30. The van der Waals surface area contributed by atoms with Gasteiger partial charge in [0.05, 0.1) is 28.6 Å². The summed E-state index contributed by atoms with van der Waals surface area (Å²) in [7, 11) is 0. The van der Waals surface area contributed by atoms with Crippen molar-refractivity contribution in [3.8, 4) is 0 Å². The quantitative estimate of drug-likeness (QED) is 0.914. The molecule has 1 fully saturated rings. The fraction of sp³-hybridized carbons (Fsp3) is 0.769. The summed E-state index contributed by atoms with van der Waals surface area (Å²) in [4.78, 5) is 0. The highest BCUT2D eigenvalue weighted by Crippen LogP contribution is 2.28. The molecule has 0 aliphatic carbocycles. The molecular weight excluding hydrogens is 252 g/mol. The molecule has 1 aromatic heterocycles. The van der Waals surface area contributed by atoms with Crippen molar-refractivity contribution in [1.29, 1.82) is 0 Å². The Morgan fingerprint density at radius 2 is 2.33 bits per heavy atom. The lowest BCUT2D eigenvalue weighted by Gasteiger charge is -2.21. The minimum atomic E-state index is -0.415. The highest BCUT2D eigenvalue weighted by molar-refractivity contribution is 6.31. The van der Waals surface area contributed by atoms with Crippen LogP contribution in [-0.4, -0.2) is 33.7 Å². The molecule has 1 aliphatic rings. The topological polar surface area (TPSA) is 47.3 Å². The maximum absolute atomic E-state index is 10.3. The Morgan fingerprint density at radius 3 is 2.89 bits per heavy atom. The van der Waals surface area contributed by atoms with Crippen molar-refractivity contribution in [1.82, 2.24) is 9.78 Å². The average molecular weight is 273 g/mol. The first-order valence-electron chi connectivity index (χ1n) is 6.56. The van der Waals surface area contributed by atoms with Gasteiger partial charge in [0.1, 0.15) is 0 Å². The summed E-state index contributed by atoms with van der Waals surface area (Å²) in [6, 6.07) is 0. The Bertz CT molecular complexity index is 419. The summed E-state index contributed by atoms with van der Waals surface area (Å²) >= 11 is 6.25. The van der Waals surface area contributed by atoms with Gasteiger partial charge in [0, 0.05) is 25.5 Å². The monoisotopic (exact) mass is 272 g/mol. The third-order valence-corrected chi connectivity index (χ3v) is 4.28. The molecule has 0 radical (unpaired) electrons. The summed E-state index contributed by atoms with van der Waals surface area (Å²) in [6.07, 6.45) is 1.17. The van der Waals surface area contributed by atoms with Gasteiger partial charge in [-0.2, -0.15) is 5.10 Å². The second-order valence-electron chi connectivity index (χ2n) is 4.96. The Labute approximate surface area is 113 Å². The molecule has 5 heteroatoms. The Morgan fingerprint density at radius 1 is 1.61 bits per heavy atom. The van der Waals surface area contributed by atoms with Crippen LogP contribution in [0.2, 0.25) is 5.02 Å². The van der Waals surface area contributed by atoms with E-state index in [1.165, 1.54) is 0 Å². The molecular formula is C13H21ClN2O2. The Balaban J connectivity index is 2.13. The lowest BCUT2D eigenvalue weighted by atomic mass is 9.92. The molecule has 3 atom stereocenters. The summed E-state index contributed by atoms with van der Waals surface area (Å²) in [5, 5.41) is 15.4. The predicted molar refractivity (Wildman–Crippen MR) is 70.9 cm³/mol. The van der Waals surface area contributed by atoms with Crippen molar-refractivity contribution in [2.75, 3.05) is 6.61 Å². The first-order valence-corrected chi connectivity index (χ1v) is 6.93. The Hall–Kier alpha value is -0.580. The van der Waals surface area contributed by atoms with Crippen molar-refractivity contribution in [2.24, 2.45) is 5.92 Å². The minimum absolute atomic E-state index is 0.123. The molecule has 0 amide bonds. The van der Waals surface area contributed by atoms with E-state index < -0.39 is 6.10 Å². The van der Waals surface area contributed by atoms with Crippen LogP contribution in [0, 0.1) is 12.8 Å². The SMILES string of the molecule is CCn1nc(C)c(Cl)c1CC(O)C1CCOC1C. The van der Waals surface area contributed by atoms with Crippen molar-refractivity contribution in [3.05, 3.63) is 16.4 Å². The fourth-order valence-corrected chi connectivity index (χ4v) is 2.88. The number of rotatable bonds is 4. The zero-order chi connectivity index (χ0) is 13.3. The molecule has 0 aromatic carbocycles. The number of halogens is 1. The third kappa shape index (κ3) is 2.56. The molecule has 1 aromatic rings. The van der Waals surface area contributed by atoms with Gasteiger partial charge in [0.2, 0.25) is 0 Å². The molecule has 18 heavy (non-hydrogen) atoms. The van der Waals surface area contributed by atoms with Crippen LogP contribution in [0.5, 0.6) is 0 Å². The fourth-order valence-electron chi connectivity index (χ4n) is 2.67. The van der Waals surface area contributed by atoms with E-state index in [4.69, 9.17) is 16.3 Å². The largest absolute Gasteiger partial charge is 0.392 e. The van der Waals surface area contributed by atoms with Crippen LogP contribution in [0.3, 0.4) is 0 Å². The van der Waals surface area contributed by atoms with Gasteiger partial charge in [-0.05, 0) is 27.2 Å². The lowest BCUT2D eigenvalue weighted by molar-refractivity contribution is 0.0431. The van der Waals surface area contributed by atoms with Gasteiger partial charge in [-0.15, -0.1) is 0 Å². The number of aromatic nitrogens is 2. The van der Waals surface area contributed by atoms with Crippen molar-refractivity contribution >= 4 is 11.6 Å². The third-order valence-electron chi connectivity index (χ3n) is 3.78. The highest BCUT2D eigenvalue weighted by atomic mass is 35.5. The van der Waals surface area contributed by atoms with E-state index >= 15 is 0 Å². The summed E-state index contributed by atoms with van der Waals surface area (Å²) in [5.74, 6) is 0.196. The van der Waals surface area contributed by atoms with Gasteiger partial charge >= 0.3 is 0 Å². The number of ether oxygens (including phenoxy) is 1. The summed E-state index contributed by atoms with van der Waals surface area (Å²) in [6.45, 7) is 7.45. The van der Waals surface area contributed by atoms with Crippen LogP contribution in [-0.2, 0) is 17.7 Å². The molecule has 102 valence electrons. The van der Waals surface area contributed by atoms with Crippen LogP contribution in [0.25, 0.3) is 0 Å². The van der Waals surface area contributed by atoms with E-state index in [-0.39, 0.29) is 12.0 Å². The zero-order valence-electron chi connectivity index (χ0n) is 11.2. The summed E-state index contributed by atoms with van der Waals surface area (Å²) < 4.78 is 7.38. The molecule has 2 rings (SSSR count). The smallest absolute Gasteiger partial charge is 0.0848 e. The van der Waals surface area contributed by atoms with Gasteiger partial charge in [0.15, 0.2) is 0 Å². The van der Waals surface area contributed by atoms with Gasteiger partial charge in [-0.1, -0.05) is 11.6 Å². The number of hydrogen-bond acceptors (Lipinski definition) is 3. The van der Waals surface area contributed by atoms with Crippen LogP contribution in [0.15, 0.2) is 0 Å². The second-order valence-corrected chi connectivity index (χ2v) is 5.34. The van der Waals surface area contributed by atoms with Crippen LogP contribution >= 0.6 is 11.6 Å². The average Bonchev–Trinajstić information content (AvgIpc) is 2.87. The number of nitrogens with zero attached hydrogens (tertiary/aromatic N) is 2. The van der Waals surface area contributed by atoms with Gasteiger partial charge in [0.25, 0.3) is 0 Å². The lowest BCUT2D eigenvalue weighted by Crippen LogP contribution is -2.29. The molecule has 0 spiro atoms. The van der Waals surface area contributed by atoms with Crippen LogP contribution in [0.1, 0.15) is 31.7 Å². The van der Waals surface area contributed by atoms with E-state index in [2.05, 4.69) is 5.10 Å². The van der Waals surface area contributed by atoms with Gasteiger partial charge in [-0.25, -0.2) is 0 Å². The number of aryl methyl sites for hydroxylation is 2. The van der Waals surface area contributed by atoms with Crippen molar-refractivity contribution in [2.45, 2.75) is 52.4 Å². The normalized spacial score (nSPS) is 25.6. The molecule has 1 N–H and O–H groups in total. The molecule has 2 heterocycles. The van der Waals surface area contributed by atoms with Crippen LogP contribution in [0.4, 0.5) is 0 Å². The van der Waals surface area contributed by atoms with E-state index in [1.54, 1.807) is 0 Å². The maximum atomic E-state index is 10.3. The number of aliphatic hydroxyl groups excluding tert-OH is 1. The zero-order valence-corrected chi connectivity index (χ0v) is 11.9. The van der Waals surface area contributed by atoms with Gasteiger partial charge < -0.3 is 9.84 Å². The van der Waals surface area contributed by atoms with Crippen LogP contribution < -0.4 is 0 Å². The molecule has 3 unspecified atom stereocenters. The molecule has 0 saturated carbocycles. The molecule has 1 saturated heterocycles. The highest BCUT2D eigenvalue weighted by Gasteiger charge is 2.32. The van der Waals surface area contributed by atoms with Crippen molar-refractivity contribution < 1.29 is 9.84 Å². The van der Waals surface area contributed by atoms with E-state index in [0.717, 1.165) is 31.0 Å². The second kappa shape index (κ2) is 5.59. The first kappa shape index (κ1) is 13.8.